The second kappa shape index (κ2) is 27.5. The molecular weight excluding hydrogens is 448 g/mol. The third-order valence-corrected chi connectivity index (χ3v) is 9.22. The third kappa shape index (κ3) is 23.6. The van der Waals surface area contributed by atoms with Crippen LogP contribution in [0.4, 0.5) is 0 Å². The summed E-state index contributed by atoms with van der Waals surface area (Å²) in [6.07, 6.45) is 42.8. The van der Waals surface area contributed by atoms with E-state index >= 15 is 0 Å². The van der Waals surface area contributed by atoms with E-state index in [9.17, 15) is 0 Å². The Bertz CT molecular complexity index is 428. The van der Waals surface area contributed by atoms with Crippen LogP contribution in [0.15, 0.2) is 0 Å². The Kier molecular flexibility index (Phi) is 26.0. The topological polar surface area (TPSA) is 12.5 Å². The maximum absolute atomic E-state index is 5.78. The van der Waals surface area contributed by atoms with Gasteiger partial charge in [-0.3, -0.25) is 0 Å². The van der Waals surface area contributed by atoms with Gasteiger partial charge in [0.1, 0.15) is 0 Å². The normalized spacial score (nSPS) is 16.8. The van der Waals surface area contributed by atoms with Gasteiger partial charge in [0.05, 0.1) is 12.7 Å². The molecule has 0 aromatic carbocycles. The molecule has 0 bridgehead atoms. The van der Waals surface area contributed by atoms with Gasteiger partial charge < -0.3 is 4.74 Å². The van der Waals surface area contributed by atoms with Gasteiger partial charge in [0.25, 0.3) is 0 Å². The summed E-state index contributed by atoms with van der Waals surface area (Å²) in [7, 11) is 0. The van der Waals surface area contributed by atoms with E-state index in [1.165, 1.54) is 186 Å². The first-order valence-corrected chi connectivity index (χ1v) is 17.9. The van der Waals surface area contributed by atoms with Gasteiger partial charge in [-0.2, -0.15) is 0 Å². The van der Waals surface area contributed by atoms with Crippen molar-refractivity contribution in [2.75, 3.05) is 6.61 Å². The molecule has 0 amide bonds. The summed E-state index contributed by atoms with van der Waals surface area (Å²) in [6, 6.07) is 0. The molecule has 0 aromatic heterocycles. The van der Waals surface area contributed by atoms with Crippen LogP contribution in [-0.4, -0.2) is 12.7 Å². The minimum atomic E-state index is 0.610. The van der Waals surface area contributed by atoms with E-state index < -0.39 is 0 Å². The van der Waals surface area contributed by atoms with Gasteiger partial charge in [-0.25, -0.2) is 0 Å². The number of rotatable bonds is 31. The van der Waals surface area contributed by atoms with Crippen LogP contribution >= 0.6 is 0 Å². The van der Waals surface area contributed by atoms with E-state index in [1.807, 2.05) is 0 Å². The maximum Gasteiger partial charge on any atom is 0.0840 e. The van der Waals surface area contributed by atoms with E-state index in [0.717, 1.165) is 18.4 Å². The van der Waals surface area contributed by atoms with Gasteiger partial charge in [0.15, 0.2) is 0 Å². The summed E-state index contributed by atoms with van der Waals surface area (Å²) in [6.45, 7) is 8.19. The standard InChI is InChI=1S/C36H72O/c1-4-6-8-10-12-14-16-18-20-21-23-25-27-29-31-34(3)35(36-33-37-36)32-30-28-26-24-22-19-17-15-13-11-9-7-5-2/h34-36H,4-33H2,1-3H3. The zero-order valence-corrected chi connectivity index (χ0v) is 26.4. The minimum Gasteiger partial charge on any atom is -0.373 e. The van der Waals surface area contributed by atoms with Crippen molar-refractivity contribution < 1.29 is 4.74 Å². The molecule has 37 heavy (non-hydrogen) atoms. The molecule has 1 heterocycles. The van der Waals surface area contributed by atoms with Crippen molar-refractivity contribution in [1.82, 2.24) is 0 Å². The Morgan fingerprint density at radius 1 is 0.432 bits per heavy atom. The third-order valence-electron chi connectivity index (χ3n) is 9.22. The van der Waals surface area contributed by atoms with Crippen LogP contribution in [0.1, 0.15) is 207 Å². The van der Waals surface area contributed by atoms with E-state index in [1.54, 1.807) is 0 Å². The van der Waals surface area contributed by atoms with E-state index in [0.29, 0.717) is 6.10 Å². The van der Waals surface area contributed by atoms with E-state index in [-0.39, 0.29) is 0 Å². The van der Waals surface area contributed by atoms with Gasteiger partial charge in [-0.1, -0.05) is 201 Å². The Labute approximate surface area is 236 Å². The quantitative estimate of drug-likeness (QED) is 0.0654. The average Bonchev–Trinajstić information content (AvgIpc) is 3.74. The molecule has 0 aliphatic carbocycles. The van der Waals surface area contributed by atoms with Crippen LogP contribution in [0.3, 0.4) is 0 Å². The first-order valence-electron chi connectivity index (χ1n) is 17.9. The SMILES string of the molecule is CCCCCCCCCCCCCCCCC(C)C(CCCCCCCCCCCCCCC)C1CO1. The monoisotopic (exact) mass is 521 g/mol. The number of unbranched alkanes of at least 4 members (excludes halogenated alkanes) is 25. The molecule has 0 N–H and O–H groups in total. The summed E-state index contributed by atoms with van der Waals surface area (Å²) in [5.74, 6) is 1.71. The lowest BCUT2D eigenvalue weighted by Gasteiger charge is -2.22. The van der Waals surface area contributed by atoms with Crippen LogP contribution in [0.25, 0.3) is 0 Å². The Morgan fingerprint density at radius 2 is 0.703 bits per heavy atom. The molecule has 3 unspecified atom stereocenters. The second-order valence-corrected chi connectivity index (χ2v) is 12.9. The van der Waals surface area contributed by atoms with E-state index in [4.69, 9.17) is 4.74 Å². The first-order chi connectivity index (χ1) is 18.3. The molecule has 1 heteroatoms. The van der Waals surface area contributed by atoms with Crippen molar-refractivity contribution in [2.45, 2.75) is 213 Å². The largest absolute Gasteiger partial charge is 0.373 e. The van der Waals surface area contributed by atoms with Crippen LogP contribution in [0.5, 0.6) is 0 Å². The summed E-state index contributed by atoms with van der Waals surface area (Å²) >= 11 is 0. The smallest absolute Gasteiger partial charge is 0.0840 e. The molecule has 1 saturated heterocycles. The van der Waals surface area contributed by atoms with Crippen LogP contribution in [0, 0.1) is 11.8 Å². The summed E-state index contributed by atoms with van der Waals surface area (Å²) in [4.78, 5) is 0. The Morgan fingerprint density at radius 3 is 1.00 bits per heavy atom. The highest BCUT2D eigenvalue weighted by Gasteiger charge is 2.35. The number of epoxide rings is 1. The van der Waals surface area contributed by atoms with E-state index in [2.05, 4.69) is 20.8 Å². The zero-order valence-electron chi connectivity index (χ0n) is 26.4. The molecule has 222 valence electrons. The lowest BCUT2D eigenvalue weighted by atomic mass is 9.83. The van der Waals surface area contributed by atoms with Gasteiger partial charge in [-0.15, -0.1) is 0 Å². The van der Waals surface area contributed by atoms with Crippen molar-refractivity contribution in [2.24, 2.45) is 11.8 Å². The molecule has 0 radical (unpaired) electrons. The van der Waals surface area contributed by atoms with Crippen molar-refractivity contribution in [3.05, 3.63) is 0 Å². The Hall–Kier alpha value is -0.0400. The molecule has 1 aliphatic rings. The number of hydrogen-bond acceptors (Lipinski definition) is 1. The lowest BCUT2D eigenvalue weighted by molar-refractivity contribution is 0.228. The highest BCUT2D eigenvalue weighted by molar-refractivity contribution is 4.82. The molecule has 0 aromatic rings. The predicted molar refractivity (Wildman–Crippen MR) is 168 cm³/mol. The molecule has 1 fully saturated rings. The summed E-state index contributed by atoms with van der Waals surface area (Å²) in [5.41, 5.74) is 0. The van der Waals surface area contributed by atoms with Gasteiger partial charge >= 0.3 is 0 Å². The fourth-order valence-electron chi connectivity index (χ4n) is 6.41. The summed E-state index contributed by atoms with van der Waals surface area (Å²) in [5, 5.41) is 0. The predicted octanol–water partition coefficient (Wildman–Crippen LogP) is 13.0. The van der Waals surface area contributed by atoms with Crippen molar-refractivity contribution in [3.63, 3.8) is 0 Å². The van der Waals surface area contributed by atoms with Crippen LogP contribution in [-0.2, 0) is 4.74 Å². The molecule has 3 atom stereocenters. The molecule has 1 nitrogen and oxygen atoms in total. The molecular formula is C36H72O. The van der Waals surface area contributed by atoms with Crippen molar-refractivity contribution >= 4 is 0 Å². The number of ether oxygens (including phenoxy) is 1. The highest BCUT2D eigenvalue weighted by atomic mass is 16.6. The van der Waals surface area contributed by atoms with Crippen LogP contribution < -0.4 is 0 Å². The molecule has 0 saturated carbocycles. The highest BCUT2D eigenvalue weighted by Crippen LogP contribution is 2.34. The molecule has 1 rings (SSSR count). The van der Waals surface area contributed by atoms with Gasteiger partial charge in [0.2, 0.25) is 0 Å². The lowest BCUT2D eigenvalue weighted by Crippen LogP contribution is -2.18. The minimum absolute atomic E-state index is 0.610. The summed E-state index contributed by atoms with van der Waals surface area (Å²) < 4.78 is 5.78. The number of hydrogen-bond donors (Lipinski definition) is 0. The second-order valence-electron chi connectivity index (χ2n) is 12.9. The fourth-order valence-corrected chi connectivity index (χ4v) is 6.41. The molecule has 0 spiro atoms. The zero-order chi connectivity index (χ0) is 26.7. The van der Waals surface area contributed by atoms with Crippen LogP contribution in [0.2, 0.25) is 0 Å². The average molecular weight is 521 g/mol. The van der Waals surface area contributed by atoms with Gasteiger partial charge in [-0.05, 0) is 18.3 Å². The van der Waals surface area contributed by atoms with Crippen molar-refractivity contribution in [1.29, 1.82) is 0 Å². The Balaban J connectivity index is 1.87. The maximum atomic E-state index is 5.78. The fraction of sp³-hybridized carbons (Fsp3) is 1.00. The van der Waals surface area contributed by atoms with Gasteiger partial charge in [0, 0.05) is 0 Å². The van der Waals surface area contributed by atoms with Crippen molar-refractivity contribution in [3.8, 4) is 0 Å². The first kappa shape index (κ1) is 35.0. The molecule has 1 aliphatic heterocycles.